The van der Waals surface area contributed by atoms with Crippen LogP contribution in [0.4, 0.5) is 5.82 Å². The summed E-state index contributed by atoms with van der Waals surface area (Å²) in [6.07, 6.45) is 0. The van der Waals surface area contributed by atoms with Crippen molar-refractivity contribution in [2.24, 2.45) is 0 Å². The van der Waals surface area contributed by atoms with Crippen molar-refractivity contribution in [1.82, 2.24) is 24.9 Å². The topological polar surface area (TPSA) is 81.7 Å². The van der Waals surface area contributed by atoms with E-state index in [0.29, 0.717) is 6.54 Å². The van der Waals surface area contributed by atoms with Crippen LogP contribution in [0.15, 0.2) is 71.3 Å². The molecule has 7 nitrogen and oxygen atoms in total. The van der Waals surface area contributed by atoms with E-state index in [0.717, 1.165) is 56.9 Å². The van der Waals surface area contributed by atoms with Crippen molar-refractivity contribution in [3.05, 3.63) is 78.1 Å². The van der Waals surface area contributed by atoms with Crippen LogP contribution >= 0.6 is 0 Å². The van der Waals surface area contributed by atoms with Crippen molar-refractivity contribution in [1.29, 1.82) is 0 Å². The number of anilines is 1. The van der Waals surface area contributed by atoms with Crippen LogP contribution in [0, 0.1) is 6.92 Å². The number of nitrogens with one attached hydrogen (secondary N) is 1. The average molecular weight is 420 g/mol. The third kappa shape index (κ3) is 2.82. The Labute approximate surface area is 184 Å². The predicted molar refractivity (Wildman–Crippen MR) is 123 cm³/mol. The number of aromatic nitrogens is 5. The van der Waals surface area contributed by atoms with Gasteiger partial charge in [-0.25, -0.2) is 4.98 Å². The molecule has 0 amide bonds. The minimum Gasteiger partial charge on any atom is -0.373 e. The molecule has 0 bridgehead atoms. The maximum Gasteiger partial charge on any atom is 0.170 e. The van der Waals surface area contributed by atoms with Crippen LogP contribution < -0.4 is 5.32 Å². The average Bonchev–Trinajstić information content (AvgIpc) is 3.52. The SMILES string of the molecule is CNc1cccc(-c2ccc3c(c2)-c2nnc(-c4c(-c5ccccc5)noc4C)n2C3)n1. The molecule has 0 radical (unpaired) electrons. The molecule has 2 aromatic carbocycles. The van der Waals surface area contributed by atoms with Gasteiger partial charge in [0.2, 0.25) is 0 Å². The van der Waals surface area contributed by atoms with Gasteiger partial charge in [-0.05, 0) is 30.7 Å². The molecule has 1 N–H and O–H groups in total. The van der Waals surface area contributed by atoms with Gasteiger partial charge in [0.1, 0.15) is 17.3 Å². The highest BCUT2D eigenvalue weighted by Crippen LogP contribution is 2.40. The van der Waals surface area contributed by atoms with E-state index in [2.05, 4.69) is 48.4 Å². The van der Waals surface area contributed by atoms with Crippen molar-refractivity contribution >= 4 is 5.82 Å². The zero-order valence-electron chi connectivity index (χ0n) is 17.7. The van der Waals surface area contributed by atoms with E-state index >= 15 is 0 Å². The van der Waals surface area contributed by atoms with Crippen molar-refractivity contribution in [3.8, 4) is 45.3 Å². The van der Waals surface area contributed by atoms with Gasteiger partial charge < -0.3 is 14.4 Å². The summed E-state index contributed by atoms with van der Waals surface area (Å²) in [5.74, 6) is 3.18. The van der Waals surface area contributed by atoms with Crippen LogP contribution in [0.5, 0.6) is 0 Å². The monoisotopic (exact) mass is 420 g/mol. The largest absolute Gasteiger partial charge is 0.373 e. The summed E-state index contributed by atoms with van der Waals surface area (Å²) in [6.45, 7) is 2.62. The molecule has 0 atom stereocenters. The second-order valence-corrected chi connectivity index (χ2v) is 7.79. The maximum atomic E-state index is 5.56. The molecule has 0 saturated heterocycles. The molecule has 4 heterocycles. The Bertz CT molecular complexity index is 1450. The molecule has 1 aliphatic rings. The van der Waals surface area contributed by atoms with Gasteiger partial charge in [-0.2, -0.15) is 0 Å². The molecule has 5 aromatic rings. The van der Waals surface area contributed by atoms with Crippen LogP contribution in [-0.2, 0) is 6.54 Å². The van der Waals surface area contributed by atoms with Crippen LogP contribution in [0.3, 0.4) is 0 Å². The maximum absolute atomic E-state index is 5.56. The van der Waals surface area contributed by atoms with Crippen molar-refractivity contribution < 1.29 is 4.52 Å². The molecule has 1 aliphatic heterocycles. The van der Waals surface area contributed by atoms with Gasteiger partial charge in [-0.1, -0.05) is 53.7 Å². The zero-order valence-corrected chi connectivity index (χ0v) is 17.7. The first-order valence-electron chi connectivity index (χ1n) is 10.5. The van der Waals surface area contributed by atoms with E-state index in [-0.39, 0.29) is 0 Å². The van der Waals surface area contributed by atoms with E-state index < -0.39 is 0 Å². The smallest absolute Gasteiger partial charge is 0.170 e. The second-order valence-electron chi connectivity index (χ2n) is 7.79. The molecule has 0 unspecified atom stereocenters. The highest BCUT2D eigenvalue weighted by atomic mass is 16.5. The lowest BCUT2D eigenvalue weighted by atomic mass is 10.0. The Morgan fingerprint density at radius 1 is 0.906 bits per heavy atom. The van der Waals surface area contributed by atoms with Gasteiger partial charge in [-0.15, -0.1) is 10.2 Å². The fraction of sp³-hybridized carbons (Fsp3) is 0.120. The van der Waals surface area contributed by atoms with Gasteiger partial charge >= 0.3 is 0 Å². The van der Waals surface area contributed by atoms with Gasteiger partial charge in [0.05, 0.1) is 17.8 Å². The van der Waals surface area contributed by atoms with Gasteiger partial charge in [0.25, 0.3) is 0 Å². The van der Waals surface area contributed by atoms with Crippen LogP contribution in [0.25, 0.3) is 45.3 Å². The Hall–Kier alpha value is -4.26. The molecule has 7 heteroatoms. The number of pyridine rings is 1. The van der Waals surface area contributed by atoms with Crippen molar-refractivity contribution in [3.63, 3.8) is 0 Å². The lowest BCUT2D eigenvalue weighted by Gasteiger charge is -2.06. The molecule has 0 saturated carbocycles. The standard InChI is InChI=1S/C25H20N6O/c1-15-22(23(30-32-15)16-7-4-3-5-8-16)25-29-28-24-19-13-17(11-12-18(19)14-31(24)25)20-9-6-10-21(26-2)27-20/h3-13H,14H2,1-2H3,(H,26,27). The quantitative estimate of drug-likeness (QED) is 0.430. The molecule has 156 valence electrons. The summed E-state index contributed by atoms with van der Waals surface area (Å²) >= 11 is 0. The van der Waals surface area contributed by atoms with Crippen molar-refractivity contribution in [2.75, 3.05) is 12.4 Å². The van der Waals surface area contributed by atoms with E-state index in [4.69, 9.17) is 4.52 Å². The minimum absolute atomic E-state index is 0.704. The van der Waals surface area contributed by atoms with Crippen LogP contribution in [0.2, 0.25) is 0 Å². The Kier molecular flexibility index (Phi) is 4.14. The lowest BCUT2D eigenvalue weighted by Crippen LogP contribution is -1.98. The fourth-order valence-electron chi connectivity index (χ4n) is 4.25. The number of fused-ring (bicyclic) bond motifs is 3. The highest BCUT2D eigenvalue weighted by Gasteiger charge is 2.29. The molecular weight excluding hydrogens is 400 g/mol. The van der Waals surface area contributed by atoms with Crippen LogP contribution in [-0.4, -0.2) is 32.0 Å². The Balaban J connectivity index is 1.45. The van der Waals surface area contributed by atoms with Gasteiger partial charge in [0, 0.05) is 23.7 Å². The Morgan fingerprint density at radius 3 is 2.59 bits per heavy atom. The van der Waals surface area contributed by atoms with Gasteiger partial charge in [0.15, 0.2) is 11.6 Å². The second kappa shape index (κ2) is 7.16. The number of hydrogen-bond acceptors (Lipinski definition) is 6. The molecule has 0 spiro atoms. The molecule has 6 rings (SSSR count). The third-order valence-corrected chi connectivity index (χ3v) is 5.86. The number of hydrogen-bond donors (Lipinski definition) is 1. The summed E-state index contributed by atoms with van der Waals surface area (Å²) < 4.78 is 7.70. The first kappa shape index (κ1) is 18.5. The Morgan fingerprint density at radius 2 is 1.75 bits per heavy atom. The van der Waals surface area contributed by atoms with E-state index in [1.165, 1.54) is 5.56 Å². The zero-order chi connectivity index (χ0) is 21.7. The minimum atomic E-state index is 0.704. The summed E-state index contributed by atoms with van der Waals surface area (Å²) in [5.41, 5.74) is 6.90. The predicted octanol–water partition coefficient (Wildman–Crippen LogP) is 5.04. The summed E-state index contributed by atoms with van der Waals surface area (Å²) in [5, 5.41) is 16.5. The van der Waals surface area contributed by atoms with E-state index in [9.17, 15) is 0 Å². The number of rotatable bonds is 4. The van der Waals surface area contributed by atoms with Gasteiger partial charge in [-0.3, -0.25) is 0 Å². The summed E-state index contributed by atoms with van der Waals surface area (Å²) in [4.78, 5) is 4.67. The first-order valence-corrected chi connectivity index (χ1v) is 10.5. The molecule has 0 fully saturated rings. The lowest BCUT2D eigenvalue weighted by molar-refractivity contribution is 0.400. The number of aryl methyl sites for hydroxylation is 1. The molecule has 0 aliphatic carbocycles. The fourth-order valence-corrected chi connectivity index (χ4v) is 4.25. The summed E-state index contributed by atoms with van der Waals surface area (Å²) in [6, 6.07) is 22.4. The molecular formula is C25H20N6O. The highest BCUT2D eigenvalue weighted by molar-refractivity contribution is 5.81. The molecule has 32 heavy (non-hydrogen) atoms. The van der Waals surface area contributed by atoms with E-state index in [1.807, 2.05) is 62.5 Å². The first-order chi connectivity index (χ1) is 15.7. The number of nitrogens with zero attached hydrogens (tertiary/aromatic N) is 5. The van der Waals surface area contributed by atoms with E-state index in [1.54, 1.807) is 0 Å². The summed E-state index contributed by atoms with van der Waals surface area (Å²) in [7, 11) is 1.87. The van der Waals surface area contributed by atoms with Crippen molar-refractivity contribution in [2.45, 2.75) is 13.5 Å². The molecule has 3 aromatic heterocycles. The normalized spacial score (nSPS) is 11.9. The third-order valence-electron chi connectivity index (χ3n) is 5.86. The van der Waals surface area contributed by atoms with Crippen LogP contribution in [0.1, 0.15) is 11.3 Å². The number of benzene rings is 2.